The quantitative estimate of drug-likeness (QED) is 0.883. The number of nitrogens with one attached hydrogen (secondary N) is 1. The third-order valence-corrected chi connectivity index (χ3v) is 3.57. The van der Waals surface area contributed by atoms with Gasteiger partial charge in [-0.1, -0.05) is 34.8 Å². The molecule has 0 aliphatic carbocycles. The monoisotopic (exact) mass is 304 g/mol. The van der Waals surface area contributed by atoms with Gasteiger partial charge in [-0.2, -0.15) is 5.10 Å². The summed E-state index contributed by atoms with van der Waals surface area (Å²) in [6.07, 6.45) is 1.65. The van der Waals surface area contributed by atoms with Gasteiger partial charge in [0.2, 0.25) is 0 Å². The molecule has 0 saturated heterocycles. The molecule has 18 heavy (non-hydrogen) atoms. The second-order valence-corrected chi connectivity index (χ2v) is 4.95. The molecule has 0 amide bonds. The SMILES string of the molecule is Cn1cnc(CNCc2c(Cl)ccc(Cl)c2Cl)n1. The van der Waals surface area contributed by atoms with E-state index < -0.39 is 0 Å². The normalized spacial score (nSPS) is 10.9. The number of benzene rings is 1. The van der Waals surface area contributed by atoms with Crippen LogP contribution in [0.1, 0.15) is 11.4 Å². The van der Waals surface area contributed by atoms with Gasteiger partial charge in [0.25, 0.3) is 0 Å². The van der Waals surface area contributed by atoms with Crippen LogP contribution in [0.2, 0.25) is 15.1 Å². The first-order valence-electron chi connectivity index (χ1n) is 5.25. The van der Waals surface area contributed by atoms with Crippen LogP contribution < -0.4 is 5.32 Å². The van der Waals surface area contributed by atoms with Crippen LogP contribution in [0.25, 0.3) is 0 Å². The number of aryl methyl sites for hydroxylation is 1. The average Bonchev–Trinajstić information content (AvgIpc) is 2.74. The van der Waals surface area contributed by atoms with Crippen molar-refractivity contribution in [3.63, 3.8) is 0 Å². The lowest BCUT2D eigenvalue weighted by molar-refractivity contribution is 0.649. The Morgan fingerprint density at radius 3 is 2.56 bits per heavy atom. The molecule has 0 atom stereocenters. The Bertz CT molecular complexity index is 553. The van der Waals surface area contributed by atoms with Crippen molar-refractivity contribution in [1.29, 1.82) is 0 Å². The molecule has 0 aliphatic rings. The third-order valence-electron chi connectivity index (χ3n) is 2.37. The highest BCUT2D eigenvalue weighted by Gasteiger charge is 2.09. The number of rotatable bonds is 4. The smallest absolute Gasteiger partial charge is 0.164 e. The van der Waals surface area contributed by atoms with Crippen molar-refractivity contribution in [2.24, 2.45) is 7.05 Å². The van der Waals surface area contributed by atoms with Gasteiger partial charge in [0, 0.05) is 24.2 Å². The molecule has 96 valence electrons. The Labute approximate surface area is 120 Å². The maximum Gasteiger partial charge on any atom is 0.164 e. The number of hydrogen-bond acceptors (Lipinski definition) is 3. The fourth-order valence-electron chi connectivity index (χ4n) is 1.50. The van der Waals surface area contributed by atoms with E-state index in [4.69, 9.17) is 34.8 Å². The molecule has 1 aromatic heterocycles. The highest BCUT2D eigenvalue weighted by atomic mass is 35.5. The van der Waals surface area contributed by atoms with Crippen LogP contribution in [0.3, 0.4) is 0 Å². The molecule has 0 spiro atoms. The summed E-state index contributed by atoms with van der Waals surface area (Å²) in [5, 5.41) is 8.89. The summed E-state index contributed by atoms with van der Waals surface area (Å²) >= 11 is 18.1. The molecule has 0 bridgehead atoms. The van der Waals surface area contributed by atoms with Gasteiger partial charge in [-0.15, -0.1) is 0 Å². The second-order valence-electron chi connectivity index (χ2n) is 3.76. The van der Waals surface area contributed by atoms with Gasteiger partial charge in [0.05, 0.1) is 16.6 Å². The molecule has 0 radical (unpaired) electrons. The predicted molar refractivity (Wildman–Crippen MR) is 73.0 cm³/mol. The molecule has 1 heterocycles. The molecule has 2 rings (SSSR count). The Balaban J connectivity index is 2.00. The van der Waals surface area contributed by atoms with Crippen LogP contribution in [-0.4, -0.2) is 14.8 Å². The predicted octanol–water partition coefficient (Wildman–Crippen LogP) is 3.07. The van der Waals surface area contributed by atoms with Crippen molar-refractivity contribution in [2.45, 2.75) is 13.1 Å². The van der Waals surface area contributed by atoms with Crippen LogP contribution in [-0.2, 0) is 20.1 Å². The Kier molecular flexibility index (Phi) is 4.45. The van der Waals surface area contributed by atoms with Gasteiger partial charge >= 0.3 is 0 Å². The number of aromatic nitrogens is 3. The first-order chi connectivity index (χ1) is 8.58. The fourth-order valence-corrected chi connectivity index (χ4v) is 2.18. The zero-order valence-electron chi connectivity index (χ0n) is 9.62. The van der Waals surface area contributed by atoms with Crippen molar-refractivity contribution in [3.05, 3.63) is 44.9 Å². The molecule has 1 aromatic carbocycles. The number of hydrogen-bond donors (Lipinski definition) is 1. The third kappa shape index (κ3) is 3.14. The minimum atomic E-state index is 0.477. The molecule has 0 unspecified atom stereocenters. The van der Waals surface area contributed by atoms with E-state index in [1.807, 2.05) is 7.05 Å². The van der Waals surface area contributed by atoms with Crippen LogP contribution in [0.4, 0.5) is 0 Å². The van der Waals surface area contributed by atoms with Crippen molar-refractivity contribution in [2.75, 3.05) is 0 Å². The standard InChI is InChI=1S/C11H11Cl3N4/c1-18-6-16-10(17-18)5-15-4-7-8(12)2-3-9(13)11(7)14/h2-3,6,15H,4-5H2,1H3. The highest BCUT2D eigenvalue weighted by Crippen LogP contribution is 2.31. The summed E-state index contributed by atoms with van der Waals surface area (Å²) in [6, 6.07) is 3.40. The van der Waals surface area contributed by atoms with Crippen LogP contribution in [0.5, 0.6) is 0 Å². The molecule has 0 saturated carbocycles. The van der Waals surface area contributed by atoms with Gasteiger partial charge < -0.3 is 5.32 Å². The molecule has 0 aliphatic heterocycles. The van der Waals surface area contributed by atoms with E-state index in [-0.39, 0.29) is 0 Å². The molecule has 4 nitrogen and oxygen atoms in total. The highest BCUT2D eigenvalue weighted by molar-refractivity contribution is 6.44. The minimum absolute atomic E-state index is 0.477. The van der Waals surface area contributed by atoms with E-state index in [2.05, 4.69) is 15.4 Å². The summed E-state index contributed by atoms with van der Waals surface area (Å²) < 4.78 is 1.65. The maximum absolute atomic E-state index is 6.09. The lowest BCUT2D eigenvalue weighted by Gasteiger charge is -2.08. The Hall–Kier alpha value is -0.810. The molecule has 1 N–H and O–H groups in total. The summed E-state index contributed by atoms with van der Waals surface area (Å²) in [4.78, 5) is 4.11. The Morgan fingerprint density at radius 1 is 1.17 bits per heavy atom. The van der Waals surface area contributed by atoms with E-state index in [1.54, 1.807) is 23.1 Å². The topological polar surface area (TPSA) is 42.7 Å². The number of nitrogens with zero attached hydrogens (tertiary/aromatic N) is 3. The van der Waals surface area contributed by atoms with E-state index in [0.717, 1.165) is 5.56 Å². The van der Waals surface area contributed by atoms with Crippen molar-refractivity contribution in [1.82, 2.24) is 20.1 Å². The zero-order valence-corrected chi connectivity index (χ0v) is 11.9. The first-order valence-corrected chi connectivity index (χ1v) is 6.39. The van der Waals surface area contributed by atoms with Crippen LogP contribution >= 0.6 is 34.8 Å². The zero-order chi connectivity index (χ0) is 13.1. The average molecular weight is 306 g/mol. The summed E-state index contributed by atoms with van der Waals surface area (Å²) in [7, 11) is 1.82. The summed E-state index contributed by atoms with van der Waals surface area (Å²) in [5.74, 6) is 0.715. The van der Waals surface area contributed by atoms with Gasteiger partial charge in [-0.05, 0) is 12.1 Å². The maximum atomic E-state index is 6.09. The molecular weight excluding hydrogens is 295 g/mol. The van der Waals surface area contributed by atoms with Gasteiger partial charge in [0.15, 0.2) is 5.82 Å². The first kappa shape index (κ1) is 13.6. The van der Waals surface area contributed by atoms with Gasteiger partial charge in [-0.25, -0.2) is 4.98 Å². The van der Waals surface area contributed by atoms with Crippen molar-refractivity contribution < 1.29 is 0 Å². The Morgan fingerprint density at radius 2 is 1.89 bits per heavy atom. The fraction of sp³-hybridized carbons (Fsp3) is 0.273. The lowest BCUT2D eigenvalue weighted by atomic mass is 10.2. The summed E-state index contributed by atoms with van der Waals surface area (Å²) in [6.45, 7) is 1.05. The molecule has 0 fully saturated rings. The van der Waals surface area contributed by atoms with E-state index in [1.165, 1.54) is 0 Å². The van der Waals surface area contributed by atoms with E-state index in [0.29, 0.717) is 34.0 Å². The van der Waals surface area contributed by atoms with Crippen molar-refractivity contribution >= 4 is 34.8 Å². The lowest BCUT2D eigenvalue weighted by Crippen LogP contribution is -2.14. The van der Waals surface area contributed by atoms with Gasteiger partial charge in [0.1, 0.15) is 6.33 Å². The second kappa shape index (κ2) is 5.89. The van der Waals surface area contributed by atoms with E-state index >= 15 is 0 Å². The summed E-state index contributed by atoms with van der Waals surface area (Å²) in [5.41, 5.74) is 0.779. The largest absolute Gasteiger partial charge is 0.306 e. The number of halogens is 3. The molecular formula is C11H11Cl3N4. The van der Waals surface area contributed by atoms with E-state index in [9.17, 15) is 0 Å². The minimum Gasteiger partial charge on any atom is -0.306 e. The van der Waals surface area contributed by atoms with Gasteiger partial charge in [-0.3, -0.25) is 4.68 Å². The van der Waals surface area contributed by atoms with Crippen molar-refractivity contribution in [3.8, 4) is 0 Å². The van der Waals surface area contributed by atoms with Crippen LogP contribution in [0.15, 0.2) is 18.5 Å². The van der Waals surface area contributed by atoms with Crippen LogP contribution in [0, 0.1) is 0 Å². The molecule has 7 heteroatoms. The molecule has 2 aromatic rings.